The molecule has 0 fully saturated rings. The molecule has 0 aliphatic carbocycles. The van der Waals surface area contributed by atoms with Crippen molar-refractivity contribution in [3.05, 3.63) is 0 Å². The molecule has 0 aliphatic heterocycles. The summed E-state index contributed by atoms with van der Waals surface area (Å²) in [6.45, 7) is 1.15. The minimum absolute atomic E-state index is 0.215. The van der Waals surface area contributed by atoms with Crippen molar-refractivity contribution in [1.82, 2.24) is 4.31 Å². The van der Waals surface area contributed by atoms with Gasteiger partial charge >= 0.3 is 6.55 Å². The molecule has 0 aromatic heterocycles. The molecule has 0 bridgehead atoms. The number of unbranched alkanes of at least 4 members (excludes halogenated alkanes) is 8. The van der Waals surface area contributed by atoms with Crippen molar-refractivity contribution < 1.29 is 17.2 Å². The Morgan fingerprint density at radius 3 is 1.52 bits per heavy atom. The first-order valence-corrected chi connectivity index (χ1v) is 10.4. The lowest BCUT2D eigenvalue weighted by Gasteiger charge is -2.28. The van der Waals surface area contributed by atoms with Crippen molar-refractivity contribution >= 4 is 10.2 Å². The van der Waals surface area contributed by atoms with E-state index in [9.17, 15) is 17.2 Å². The monoisotopic (exact) mass is 356 g/mol. The summed E-state index contributed by atoms with van der Waals surface area (Å²) < 4.78 is 49.6. The summed E-state index contributed by atoms with van der Waals surface area (Å²) in [5.74, 6) is 0. The molecule has 0 saturated heterocycles. The third-order valence-electron chi connectivity index (χ3n) is 4.13. The van der Waals surface area contributed by atoms with Crippen LogP contribution in [0.5, 0.6) is 0 Å². The maximum Gasteiger partial charge on any atom is 0.308 e. The van der Waals surface area contributed by atoms with Crippen LogP contribution >= 0.6 is 0 Å². The van der Waals surface area contributed by atoms with Crippen LogP contribution in [0, 0.1) is 0 Å². The van der Waals surface area contributed by atoms with E-state index in [1.165, 1.54) is 0 Å². The van der Waals surface area contributed by atoms with E-state index < -0.39 is 22.8 Å². The van der Waals surface area contributed by atoms with Crippen LogP contribution in [0.1, 0.15) is 90.9 Å². The van der Waals surface area contributed by atoms with Crippen LogP contribution < -0.4 is 5.14 Å². The van der Waals surface area contributed by atoms with Crippen LogP contribution in [0.2, 0.25) is 0 Å². The summed E-state index contributed by atoms with van der Waals surface area (Å²) >= 11 is 0. The fraction of sp³-hybridized carbons (Fsp3) is 1.00. The topological polar surface area (TPSA) is 63.4 Å². The number of hydrogen-bond donors (Lipinski definition) is 1. The predicted molar refractivity (Wildman–Crippen MR) is 91.5 cm³/mol. The van der Waals surface area contributed by atoms with E-state index in [0.29, 0.717) is 12.8 Å². The quantitative estimate of drug-likeness (QED) is 0.338. The fourth-order valence-corrected chi connectivity index (χ4v) is 3.69. The zero-order valence-electron chi connectivity index (χ0n) is 14.6. The summed E-state index contributed by atoms with van der Waals surface area (Å²) in [6.07, 6.45) is 10.9. The molecule has 140 valence electrons. The largest absolute Gasteiger partial charge is 0.308 e. The van der Waals surface area contributed by atoms with Gasteiger partial charge in [0.1, 0.15) is 0 Å². The SMILES string of the molecule is CCCCCCCC(CCCCCCC)N(C(F)F)S(N)(=O)=O. The Morgan fingerprint density at radius 2 is 1.22 bits per heavy atom. The number of halogens is 2. The average Bonchev–Trinajstić information content (AvgIpc) is 2.44. The molecule has 23 heavy (non-hydrogen) atoms. The van der Waals surface area contributed by atoms with Gasteiger partial charge in [0.25, 0.3) is 10.2 Å². The van der Waals surface area contributed by atoms with Gasteiger partial charge in [0.2, 0.25) is 0 Å². The lowest BCUT2D eigenvalue weighted by molar-refractivity contribution is 0.00263. The first-order chi connectivity index (χ1) is 10.8. The molecule has 0 rings (SSSR count). The van der Waals surface area contributed by atoms with Gasteiger partial charge < -0.3 is 0 Å². The normalized spacial score (nSPS) is 12.7. The minimum Gasteiger partial charge on any atom is -0.215 e. The number of alkyl halides is 2. The molecule has 0 heterocycles. The highest BCUT2D eigenvalue weighted by Crippen LogP contribution is 2.23. The maximum atomic E-state index is 13.2. The van der Waals surface area contributed by atoms with Crippen molar-refractivity contribution in [3.63, 3.8) is 0 Å². The average molecular weight is 357 g/mol. The third-order valence-corrected chi connectivity index (χ3v) is 5.17. The first kappa shape index (κ1) is 22.7. The van der Waals surface area contributed by atoms with Crippen molar-refractivity contribution in [2.45, 2.75) is 103 Å². The number of hydrogen-bond acceptors (Lipinski definition) is 2. The maximum absolute atomic E-state index is 13.2. The molecular weight excluding hydrogens is 322 g/mol. The standard InChI is InChI=1S/C16H34F2N2O2S/c1-3-5-7-9-11-13-15(14-12-10-8-6-4-2)20(16(17)18)23(19,21)22/h15-16H,3-14H2,1-2H3,(H2,19,21,22). The Kier molecular flexibility index (Phi) is 12.9. The highest BCUT2D eigenvalue weighted by atomic mass is 32.2. The van der Waals surface area contributed by atoms with Crippen LogP contribution in [0.3, 0.4) is 0 Å². The van der Waals surface area contributed by atoms with E-state index in [-0.39, 0.29) is 4.31 Å². The van der Waals surface area contributed by atoms with Gasteiger partial charge in [-0.3, -0.25) is 0 Å². The highest BCUT2D eigenvalue weighted by Gasteiger charge is 2.33. The van der Waals surface area contributed by atoms with Crippen LogP contribution in [0.4, 0.5) is 8.78 Å². The van der Waals surface area contributed by atoms with E-state index >= 15 is 0 Å². The Bertz CT molecular complexity index is 364. The summed E-state index contributed by atoms with van der Waals surface area (Å²) in [5, 5.41) is 5.00. The molecule has 0 aromatic carbocycles. The van der Waals surface area contributed by atoms with E-state index in [1.807, 2.05) is 0 Å². The second kappa shape index (κ2) is 13.1. The van der Waals surface area contributed by atoms with Crippen LogP contribution in [0.15, 0.2) is 0 Å². The third kappa shape index (κ3) is 11.0. The molecular formula is C16H34F2N2O2S. The number of nitrogens with two attached hydrogens (primary N) is 1. The van der Waals surface area contributed by atoms with Gasteiger partial charge in [0.15, 0.2) is 0 Å². The lowest BCUT2D eigenvalue weighted by Crippen LogP contribution is -2.47. The summed E-state index contributed by atoms with van der Waals surface area (Å²) in [7, 11) is -4.37. The van der Waals surface area contributed by atoms with Crippen LogP contribution in [-0.4, -0.2) is 25.3 Å². The molecule has 0 radical (unpaired) electrons. The molecule has 0 saturated carbocycles. The second-order valence-electron chi connectivity index (χ2n) is 6.21. The summed E-state index contributed by atoms with van der Waals surface area (Å²) in [5.41, 5.74) is 0. The molecule has 0 amide bonds. The van der Waals surface area contributed by atoms with Gasteiger partial charge in [-0.05, 0) is 12.8 Å². The molecule has 0 aromatic rings. The van der Waals surface area contributed by atoms with E-state index in [0.717, 1.165) is 64.2 Å². The van der Waals surface area contributed by atoms with Crippen molar-refractivity contribution in [3.8, 4) is 0 Å². The van der Waals surface area contributed by atoms with E-state index in [4.69, 9.17) is 5.14 Å². The van der Waals surface area contributed by atoms with Gasteiger partial charge in [0, 0.05) is 6.04 Å². The van der Waals surface area contributed by atoms with Gasteiger partial charge in [-0.2, -0.15) is 17.2 Å². The van der Waals surface area contributed by atoms with Gasteiger partial charge in [-0.25, -0.2) is 5.14 Å². The van der Waals surface area contributed by atoms with Crippen LogP contribution in [0.25, 0.3) is 0 Å². The van der Waals surface area contributed by atoms with Gasteiger partial charge in [-0.1, -0.05) is 78.1 Å². The Hall–Kier alpha value is -0.270. The molecule has 0 unspecified atom stereocenters. The Morgan fingerprint density at radius 1 is 0.826 bits per heavy atom. The molecule has 0 aliphatic rings. The van der Waals surface area contributed by atoms with Crippen molar-refractivity contribution in [2.24, 2.45) is 5.14 Å². The fourth-order valence-electron chi connectivity index (χ4n) is 2.84. The van der Waals surface area contributed by atoms with Gasteiger partial charge in [-0.15, -0.1) is 4.31 Å². The van der Waals surface area contributed by atoms with Crippen LogP contribution in [-0.2, 0) is 10.2 Å². The Labute approximate surface area is 141 Å². The number of nitrogens with zero attached hydrogens (tertiary/aromatic N) is 1. The molecule has 4 nitrogen and oxygen atoms in total. The molecule has 0 atom stereocenters. The number of rotatable bonds is 15. The van der Waals surface area contributed by atoms with E-state index in [1.54, 1.807) is 0 Å². The lowest BCUT2D eigenvalue weighted by atomic mass is 10.0. The first-order valence-electron chi connectivity index (χ1n) is 8.94. The zero-order valence-corrected chi connectivity index (χ0v) is 15.5. The molecule has 0 spiro atoms. The second-order valence-corrected chi connectivity index (χ2v) is 7.66. The predicted octanol–water partition coefficient (Wildman–Crippen LogP) is 4.80. The molecule has 2 N–H and O–H groups in total. The minimum atomic E-state index is -4.37. The van der Waals surface area contributed by atoms with Gasteiger partial charge in [0.05, 0.1) is 0 Å². The summed E-state index contributed by atoms with van der Waals surface area (Å²) in [4.78, 5) is 0. The zero-order chi connectivity index (χ0) is 17.7. The Balaban J connectivity index is 4.56. The summed E-state index contributed by atoms with van der Waals surface area (Å²) in [6, 6.07) is -0.687. The smallest absolute Gasteiger partial charge is 0.215 e. The van der Waals surface area contributed by atoms with Crippen molar-refractivity contribution in [1.29, 1.82) is 0 Å². The van der Waals surface area contributed by atoms with E-state index in [2.05, 4.69) is 13.8 Å². The van der Waals surface area contributed by atoms with Crippen molar-refractivity contribution in [2.75, 3.05) is 0 Å². The highest BCUT2D eigenvalue weighted by molar-refractivity contribution is 7.86. The molecule has 7 heteroatoms.